The lowest BCUT2D eigenvalue weighted by Crippen LogP contribution is -2.43. The maximum Gasteiger partial charge on any atom is 0.416 e. The molecular weight excluding hydrogens is 783 g/mol. The smallest absolute Gasteiger partial charge is 0.416 e. The van der Waals surface area contributed by atoms with Crippen molar-refractivity contribution in [2.24, 2.45) is 0 Å². The molecular formula is C44H54F2N2O10Si. The van der Waals surface area contributed by atoms with E-state index >= 15 is 0 Å². The number of phenols is 1. The van der Waals surface area contributed by atoms with Crippen LogP contribution in [0.1, 0.15) is 69.0 Å². The molecule has 4 aromatic carbocycles. The second-order valence-electron chi connectivity index (χ2n) is 15.3. The number of carbonyl (C=O) groups is 4. The molecule has 0 saturated carbocycles. The Morgan fingerprint density at radius 2 is 1.00 bits per heavy atom. The van der Waals surface area contributed by atoms with Crippen molar-refractivity contribution in [3.8, 4) is 23.0 Å². The van der Waals surface area contributed by atoms with E-state index in [0.29, 0.717) is 16.7 Å². The molecule has 4 rings (SSSR count). The molecule has 0 aromatic heterocycles. The summed E-state index contributed by atoms with van der Waals surface area (Å²) in [5.74, 6) is -1.26. The highest BCUT2D eigenvalue weighted by Gasteiger charge is 2.39. The maximum absolute atomic E-state index is 13.9. The third-order valence-electron chi connectivity index (χ3n) is 10.1. The summed E-state index contributed by atoms with van der Waals surface area (Å²) in [7, 11) is 0.478. The van der Waals surface area contributed by atoms with Gasteiger partial charge in [0.15, 0.2) is 0 Å². The number of halogens is 2. The molecule has 1 N–H and O–H groups in total. The van der Waals surface area contributed by atoms with Gasteiger partial charge in [-0.25, -0.2) is 18.4 Å². The van der Waals surface area contributed by atoms with E-state index < -0.39 is 56.2 Å². The van der Waals surface area contributed by atoms with Crippen LogP contribution in [-0.2, 0) is 19.1 Å². The Morgan fingerprint density at radius 3 is 1.34 bits per heavy atom. The van der Waals surface area contributed by atoms with E-state index in [9.17, 15) is 33.1 Å². The van der Waals surface area contributed by atoms with Crippen molar-refractivity contribution in [3.63, 3.8) is 0 Å². The molecule has 0 spiro atoms. The molecule has 0 radical (unpaired) electrons. The molecule has 0 bridgehead atoms. The van der Waals surface area contributed by atoms with Gasteiger partial charge in [-0.1, -0.05) is 57.2 Å². The summed E-state index contributed by atoms with van der Waals surface area (Å²) in [6.45, 7) is 16.9. The quantitative estimate of drug-likeness (QED) is 0.108. The van der Waals surface area contributed by atoms with Crippen LogP contribution in [0.5, 0.6) is 23.0 Å². The molecule has 12 nitrogen and oxygen atoms in total. The Bertz CT molecular complexity index is 2070. The van der Waals surface area contributed by atoms with Crippen LogP contribution in [0.25, 0.3) is 0 Å². The minimum atomic E-state index is -1.99. The fraction of sp³-hybridized carbons (Fsp3) is 0.364. The molecule has 0 aliphatic carbocycles. The number of phenolic OH excluding ortho intramolecular Hbond substituents is 1. The SMILES string of the molecule is COC(=O)CN(C(=O)Oc1ccc(C)c(F)c1)[C@@H](C)c1ccc(O)cc1.COC(=O)CN(C(=O)Oc1ccc(C)c(F)c1)[C@@H](C)c1ccc(O[Si](C)(C)C(C)(C)C)cc1. The van der Waals surface area contributed by atoms with Gasteiger partial charge in [-0.2, -0.15) is 0 Å². The predicted molar refractivity (Wildman–Crippen MR) is 221 cm³/mol. The largest absolute Gasteiger partial charge is 0.544 e. The third kappa shape index (κ3) is 13.6. The molecule has 0 fully saturated rings. The molecule has 0 unspecified atom stereocenters. The van der Waals surface area contributed by atoms with Gasteiger partial charge in [-0.3, -0.25) is 19.4 Å². The van der Waals surface area contributed by atoms with Crippen LogP contribution in [0, 0.1) is 25.5 Å². The number of aryl methyl sites for hydroxylation is 2. The lowest BCUT2D eigenvalue weighted by Gasteiger charge is -2.36. The standard InChI is InChI=1S/C25H34FNO5Si.C19H20FNO5/c1-17-9-12-21(15-22(17)26)31-24(29)27(16-23(28)30-6)18(2)19-10-13-20(14-11-19)32-33(7,8)25(3,4)5;1-12-4-9-16(10-17(12)20)26-19(24)21(11-18(23)25-3)13(2)14-5-7-15(22)8-6-14/h9-15,18H,16H2,1-8H3;4-10,13,22H,11H2,1-3H3/t18-;13-/m00/s1. The van der Waals surface area contributed by atoms with E-state index in [2.05, 4.69) is 38.6 Å². The first-order valence-corrected chi connectivity index (χ1v) is 21.7. The van der Waals surface area contributed by atoms with Gasteiger partial charge >= 0.3 is 24.1 Å². The zero-order valence-electron chi connectivity index (χ0n) is 35.4. The Labute approximate surface area is 345 Å². The Balaban J connectivity index is 0.000000324. The van der Waals surface area contributed by atoms with Gasteiger partial charge in [-0.05, 0) is 104 Å². The first-order valence-electron chi connectivity index (χ1n) is 18.8. The summed E-state index contributed by atoms with van der Waals surface area (Å²) in [5, 5.41) is 9.46. The average molecular weight is 837 g/mol. The number of aromatic hydroxyl groups is 1. The normalized spacial score (nSPS) is 12.2. The molecule has 4 aromatic rings. The van der Waals surface area contributed by atoms with Crippen molar-refractivity contribution in [1.82, 2.24) is 9.80 Å². The Hall–Kier alpha value is -5.96. The van der Waals surface area contributed by atoms with Gasteiger partial charge < -0.3 is 28.5 Å². The Kier molecular flexibility index (Phi) is 16.6. The minimum Gasteiger partial charge on any atom is -0.544 e. The number of methoxy groups -OCH3 is 2. The highest BCUT2D eigenvalue weighted by molar-refractivity contribution is 6.74. The predicted octanol–water partition coefficient (Wildman–Crippen LogP) is 9.83. The molecule has 0 aliphatic rings. The summed E-state index contributed by atoms with van der Waals surface area (Å²) in [6.07, 6.45) is -1.60. The van der Waals surface area contributed by atoms with Crippen molar-refractivity contribution in [2.75, 3.05) is 27.3 Å². The number of rotatable bonds is 12. The summed E-state index contributed by atoms with van der Waals surface area (Å²) >= 11 is 0. The van der Waals surface area contributed by atoms with Crippen molar-refractivity contribution >= 4 is 32.4 Å². The maximum atomic E-state index is 13.9. The first-order chi connectivity index (χ1) is 27.6. The fourth-order valence-electron chi connectivity index (χ4n) is 5.09. The fourth-order valence-corrected chi connectivity index (χ4v) is 6.13. The summed E-state index contributed by atoms with van der Waals surface area (Å²) < 4.78 is 53.8. The van der Waals surface area contributed by atoms with Crippen LogP contribution in [0.15, 0.2) is 84.9 Å². The molecule has 0 heterocycles. The number of amides is 2. The lowest BCUT2D eigenvalue weighted by atomic mass is 10.1. The second-order valence-corrected chi connectivity index (χ2v) is 20.1. The molecule has 15 heteroatoms. The molecule has 2 amide bonds. The van der Waals surface area contributed by atoms with Crippen LogP contribution >= 0.6 is 0 Å². The summed E-state index contributed by atoms with van der Waals surface area (Å²) in [4.78, 5) is 51.5. The van der Waals surface area contributed by atoms with E-state index in [0.717, 1.165) is 28.3 Å². The van der Waals surface area contributed by atoms with Crippen molar-refractivity contribution in [2.45, 2.75) is 78.7 Å². The highest BCUT2D eigenvalue weighted by Crippen LogP contribution is 2.38. The molecule has 318 valence electrons. The monoisotopic (exact) mass is 836 g/mol. The van der Waals surface area contributed by atoms with Gasteiger partial charge in [0.2, 0.25) is 8.32 Å². The minimum absolute atomic E-state index is 0.0332. The number of nitrogens with zero attached hydrogens (tertiary/aromatic N) is 2. The number of esters is 2. The number of hydrogen-bond acceptors (Lipinski definition) is 10. The van der Waals surface area contributed by atoms with Gasteiger partial charge in [-0.15, -0.1) is 0 Å². The number of ether oxygens (including phenoxy) is 4. The number of hydrogen-bond donors (Lipinski definition) is 1. The number of benzene rings is 4. The summed E-state index contributed by atoms with van der Waals surface area (Å²) in [6, 6.07) is 20.8. The van der Waals surface area contributed by atoms with Gasteiger partial charge in [0.1, 0.15) is 47.7 Å². The van der Waals surface area contributed by atoms with Crippen LogP contribution < -0.4 is 13.9 Å². The van der Waals surface area contributed by atoms with Crippen molar-refractivity contribution < 1.29 is 56.4 Å². The van der Waals surface area contributed by atoms with Crippen LogP contribution in [-0.4, -0.2) is 74.7 Å². The highest BCUT2D eigenvalue weighted by atomic mass is 28.4. The van der Waals surface area contributed by atoms with Crippen LogP contribution in [0.4, 0.5) is 18.4 Å². The van der Waals surface area contributed by atoms with E-state index in [1.54, 1.807) is 39.8 Å². The lowest BCUT2D eigenvalue weighted by molar-refractivity contribution is -0.142. The summed E-state index contributed by atoms with van der Waals surface area (Å²) in [5.41, 5.74) is 2.33. The zero-order chi connectivity index (χ0) is 44.2. The average Bonchev–Trinajstić information content (AvgIpc) is 3.18. The van der Waals surface area contributed by atoms with Crippen LogP contribution in [0.2, 0.25) is 18.1 Å². The van der Waals surface area contributed by atoms with Gasteiger partial charge in [0, 0.05) is 12.1 Å². The van der Waals surface area contributed by atoms with Crippen molar-refractivity contribution in [3.05, 3.63) is 119 Å². The van der Waals surface area contributed by atoms with Gasteiger partial charge in [0.05, 0.1) is 26.3 Å². The molecule has 59 heavy (non-hydrogen) atoms. The van der Waals surface area contributed by atoms with E-state index in [4.69, 9.17) is 18.6 Å². The number of carbonyl (C=O) groups excluding carboxylic acids is 4. The molecule has 2 atom stereocenters. The van der Waals surface area contributed by atoms with E-state index in [-0.39, 0.29) is 35.4 Å². The van der Waals surface area contributed by atoms with Crippen LogP contribution in [0.3, 0.4) is 0 Å². The second kappa shape index (κ2) is 20.6. The van der Waals surface area contributed by atoms with E-state index in [1.165, 1.54) is 55.5 Å². The molecule has 0 aliphatic heterocycles. The zero-order valence-corrected chi connectivity index (χ0v) is 36.4. The third-order valence-corrected chi connectivity index (χ3v) is 14.4. The first kappa shape index (κ1) is 47.4. The van der Waals surface area contributed by atoms with E-state index in [1.807, 2.05) is 24.3 Å². The topological polar surface area (TPSA) is 141 Å². The van der Waals surface area contributed by atoms with Crippen molar-refractivity contribution in [1.29, 1.82) is 0 Å². The molecule has 0 saturated heterocycles. The Morgan fingerprint density at radius 1 is 0.644 bits per heavy atom. The van der Waals surface area contributed by atoms with Gasteiger partial charge in [0.25, 0.3) is 0 Å².